The molecule has 0 atom stereocenters. The summed E-state index contributed by atoms with van der Waals surface area (Å²) in [6.07, 6.45) is 0. The Hall–Kier alpha value is -2.23. The molecular formula is C21H12BrNS. The lowest BCUT2D eigenvalue weighted by atomic mass is 10.0. The van der Waals surface area contributed by atoms with Crippen molar-refractivity contribution in [3.05, 3.63) is 77.3 Å². The summed E-state index contributed by atoms with van der Waals surface area (Å²) in [5.41, 5.74) is 2.25. The van der Waals surface area contributed by atoms with Crippen molar-refractivity contribution in [2.45, 2.75) is 0 Å². The molecule has 0 aliphatic heterocycles. The molecule has 0 fully saturated rings. The maximum Gasteiger partial charge on any atom is 0.124 e. The summed E-state index contributed by atoms with van der Waals surface area (Å²) in [6.45, 7) is 0. The summed E-state index contributed by atoms with van der Waals surface area (Å²) >= 11 is 5.33. The molecular weight excluding hydrogens is 378 g/mol. The van der Waals surface area contributed by atoms with Crippen LogP contribution in [0.2, 0.25) is 0 Å². The van der Waals surface area contributed by atoms with Crippen molar-refractivity contribution in [3.63, 3.8) is 0 Å². The van der Waals surface area contributed by atoms with Crippen molar-refractivity contribution in [1.29, 1.82) is 0 Å². The summed E-state index contributed by atoms with van der Waals surface area (Å²) in [4.78, 5) is 4.84. The van der Waals surface area contributed by atoms with Crippen LogP contribution in [-0.2, 0) is 0 Å². The molecule has 0 aliphatic carbocycles. The minimum Gasteiger partial charge on any atom is -0.236 e. The van der Waals surface area contributed by atoms with E-state index in [9.17, 15) is 0 Å². The van der Waals surface area contributed by atoms with Crippen LogP contribution in [0.1, 0.15) is 0 Å². The quantitative estimate of drug-likeness (QED) is 0.280. The Bertz CT molecular complexity index is 1210. The number of hydrogen-bond acceptors (Lipinski definition) is 2. The molecule has 4 aromatic carbocycles. The van der Waals surface area contributed by atoms with Gasteiger partial charge in [0.15, 0.2) is 0 Å². The zero-order valence-corrected chi connectivity index (χ0v) is 15.1. The monoisotopic (exact) mass is 389 g/mol. The average molecular weight is 390 g/mol. The molecule has 1 aromatic heterocycles. The van der Waals surface area contributed by atoms with E-state index in [-0.39, 0.29) is 0 Å². The highest BCUT2D eigenvalue weighted by Crippen LogP contribution is 2.37. The van der Waals surface area contributed by atoms with Gasteiger partial charge in [-0.3, -0.25) is 0 Å². The molecule has 5 aromatic rings. The standard InChI is InChI=1S/C21H12BrNS/c22-15-7-9-16-14(12-15)6-8-18-17(16)10-11-19-20(18)24-21(23-19)13-4-2-1-3-5-13/h1-12H. The Morgan fingerprint density at radius 3 is 2.42 bits per heavy atom. The van der Waals surface area contributed by atoms with E-state index in [1.54, 1.807) is 11.3 Å². The Kier molecular flexibility index (Phi) is 3.18. The zero-order chi connectivity index (χ0) is 16.1. The lowest BCUT2D eigenvalue weighted by molar-refractivity contribution is 1.48. The Morgan fingerprint density at radius 1 is 0.750 bits per heavy atom. The summed E-state index contributed by atoms with van der Waals surface area (Å²) < 4.78 is 2.37. The summed E-state index contributed by atoms with van der Waals surface area (Å²) in [6, 6.07) is 25.6. The third kappa shape index (κ3) is 2.16. The highest BCUT2D eigenvalue weighted by Gasteiger charge is 2.10. The fourth-order valence-corrected chi connectivity index (χ4v) is 4.68. The Morgan fingerprint density at radius 2 is 1.54 bits per heavy atom. The van der Waals surface area contributed by atoms with Crippen LogP contribution >= 0.6 is 27.3 Å². The predicted octanol–water partition coefficient (Wildman–Crippen LogP) is 7.03. The molecule has 0 saturated heterocycles. The molecule has 0 N–H and O–H groups in total. The number of benzene rings is 4. The van der Waals surface area contributed by atoms with Gasteiger partial charge in [-0.05, 0) is 34.4 Å². The lowest BCUT2D eigenvalue weighted by Gasteiger charge is -2.05. The van der Waals surface area contributed by atoms with E-state index < -0.39 is 0 Å². The zero-order valence-electron chi connectivity index (χ0n) is 12.7. The Labute approximate surface area is 151 Å². The third-order valence-corrected chi connectivity index (χ3v) is 6.00. The van der Waals surface area contributed by atoms with E-state index >= 15 is 0 Å². The number of rotatable bonds is 1. The van der Waals surface area contributed by atoms with Crippen molar-refractivity contribution in [2.75, 3.05) is 0 Å². The molecule has 5 rings (SSSR count). The average Bonchev–Trinajstić information content (AvgIpc) is 3.06. The molecule has 114 valence electrons. The van der Waals surface area contributed by atoms with Crippen LogP contribution in [0, 0.1) is 0 Å². The van der Waals surface area contributed by atoms with Gasteiger partial charge in [0.05, 0.1) is 10.2 Å². The Balaban J connectivity index is 1.84. The van der Waals surface area contributed by atoms with E-state index in [1.165, 1.54) is 31.8 Å². The van der Waals surface area contributed by atoms with Gasteiger partial charge in [0.2, 0.25) is 0 Å². The molecule has 0 bridgehead atoms. The van der Waals surface area contributed by atoms with Gasteiger partial charge in [-0.2, -0.15) is 0 Å². The van der Waals surface area contributed by atoms with Crippen molar-refractivity contribution in [3.8, 4) is 10.6 Å². The first-order chi connectivity index (χ1) is 11.8. The highest BCUT2D eigenvalue weighted by atomic mass is 79.9. The summed E-state index contributed by atoms with van der Waals surface area (Å²) in [5.74, 6) is 0. The molecule has 0 aliphatic rings. The van der Waals surface area contributed by atoms with Crippen molar-refractivity contribution >= 4 is 59.0 Å². The molecule has 0 unspecified atom stereocenters. The normalized spacial score (nSPS) is 11.5. The fraction of sp³-hybridized carbons (Fsp3) is 0. The van der Waals surface area contributed by atoms with Gasteiger partial charge in [-0.25, -0.2) is 4.98 Å². The molecule has 1 nitrogen and oxygen atoms in total. The lowest BCUT2D eigenvalue weighted by Crippen LogP contribution is -1.79. The van der Waals surface area contributed by atoms with Crippen molar-refractivity contribution in [1.82, 2.24) is 4.98 Å². The molecule has 1 heterocycles. The second kappa shape index (κ2) is 5.40. The number of halogens is 1. The van der Waals surface area contributed by atoms with Gasteiger partial charge in [0.1, 0.15) is 5.01 Å². The first kappa shape index (κ1) is 14.1. The highest BCUT2D eigenvalue weighted by molar-refractivity contribution is 9.10. The van der Waals surface area contributed by atoms with E-state index in [0.29, 0.717) is 0 Å². The van der Waals surface area contributed by atoms with Crippen LogP contribution in [-0.4, -0.2) is 4.98 Å². The van der Waals surface area contributed by atoms with Crippen LogP contribution in [0.25, 0.3) is 42.3 Å². The topological polar surface area (TPSA) is 12.9 Å². The van der Waals surface area contributed by atoms with Crippen LogP contribution < -0.4 is 0 Å². The van der Waals surface area contributed by atoms with Crippen molar-refractivity contribution < 1.29 is 0 Å². The molecule has 3 heteroatoms. The molecule has 0 spiro atoms. The van der Waals surface area contributed by atoms with Crippen LogP contribution in [0.3, 0.4) is 0 Å². The fourth-order valence-electron chi connectivity index (χ4n) is 3.21. The minimum absolute atomic E-state index is 1.07. The van der Waals surface area contributed by atoms with Gasteiger partial charge < -0.3 is 0 Å². The molecule has 24 heavy (non-hydrogen) atoms. The number of hydrogen-bond donors (Lipinski definition) is 0. The maximum atomic E-state index is 4.84. The number of nitrogens with zero attached hydrogens (tertiary/aromatic N) is 1. The predicted molar refractivity (Wildman–Crippen MR) is 108 cm³/mol. The largest absolute Gasteiger partial charge is 0.236 e. The summed E-state index contributed by atoms with van der Waals surface area (Å²) in [5, 5.41) is 6.18. The second-order valence-corrected chi connectivity index (χ2v) is 7.74. The van der Waals surface area contributed by atoms with E-state index in [2.05, 4.69) is 82.7 Å². The number of fused-ring (bicyclic) bond motifs is 5. The van der Waals surface area contributed by atoms with Gasteiger partial charge in [-0.15, -0.1) is 11.3 Å². The number of aromatic nitrogens is 1. The smallest absolute Gasteiger partial charge is 0.124 e. The SMILES string of the molecule is Brc1ccc2c(ccc3c2ccc2nc(-c4ccccc4)sc23)c1. The van der Waals surface area contributed by atoms with Gasteiger partial charge in [-0.1, -0.05) is 70.5 Å². The van der Waals surface area contributed by atoms with Gasteiger partial charge >= 0.3 is 0 Å². The van der Waals surface area contributed by atoms with Gasteiger partial charge in [0.25, 0.3) is 0 Å². The van der Waals surface area contributed by atoms with Crippen LogP contribution in [0.4, 0.5) is 0 Å². The number of thiazole rings is 1. The van der Waals surface area contributed by atoms with E-state index in [0.717, 1.165) is 15.0 Å². The third-order valence-electron chi connectivity index (χ3n) is 4.35. The molecule has 0 radical (unpaired) electrons. The van der Waals surface area contributed by atoms with E-state index in [4.69, 9.17) is 4.98 Å². The second-order valence-electron chi connectivity index (χ2n) is 5.82. The first-order valence-corrected chi connectivity index (χ1v) is 9.37. The van der Waals surface area contributed by atoms with E-state index in [1.807, 2.05) is 6.07 Å². The molecule has 0 amide bonds. The van der Waals surface area contributed by atoms with Crippen LogP contribution in [0.15, 0.2) is 77.3 Å². The van der Waals surface area contributed by atoms with Gasteiger partial charge in [0, 0.05) is 15.4 Å². The minimum atomic E-state index is 1.07. The van der Waals surface area contributed by atoms with Crippen molar-refractivity contribution in [2.24, 2.45) is 0 Å². The summed E-state index contributed by atoms with van der Waals surface area (Å²) in [7, 11) is 0. The van der Waals surface area contributed by atoms with Crippen LogP contribution in [0.5, 0.6) is 0 Å². The first-order valence-electron chi connectivity index (χ1n) is 7.76. The maximum absolute atomic E-state index is 4.84. The molecule has 0 saturated carbocycles.